The summed E-state index contributed by atoms with van der Waals surface area (Å²) in [5.74, 6) is 0.810. The number of aliphatic hydroxyl groups is 1. The maximum absolute atomic E-state index is 14.6. The molecule has 5 aromatic carbocycles. The van der Waals surface area contributed by atoms with Crippen LogP contribution in [0.5, 0.6) is 5.75 Å². The van der Waals surface area contributed by atoms with Crippen molar-refractivity contribution >= 4 is 39.3 Å². The van der Waals surface area contributed by atoms with Gasteiger partial charge in [0.25, 0.3) is 5.91 Å². The minimum Gasteiger partial charge on any atom is -0.494 e. The van der Waals surface area contributed by atoms with Crippen LogP contribution in [-0.2, 0) is 22.5 Å². The highest BCUT2D eigenvalue weighted by Crippen LogP contribution is 2.43. The molecule has 8 heteroatoms. The third-order valence-corrected chi connectivity index (χ3v) is 8.88. The monoisotopic (exact) mass is 708 g/mol. The predicted molar refractivity (Wildman–Crippen MR) is 190 cm³/mol. The molecule has 6 rings (SSSR count). The largest absolute Gasteiger partial charge is 0.494 e. The number of hydrogen-bond donors (Lipinski definition) is 2. The van der Waals surface area contributed by atoms with E-state index in [4.69, 9.17) is 31.2 Å². The van der Waals surface area contributed by atoms with Crippen molar-refractivity contribution < 1.29 is 19.4 Å². The Morgan fingerprint density at radius 1 is 0.830 bits per heavy atom. The maximum atomic E-state index is 14.6. The van der Waals surface area contributed by atoms with Crippen molar-refractivity contribution in [3.8, 4) is 16.9 Å². The Morgan fingerprint density at radius 2 is 1.47 bits per heavy atom. The van der Waals surface area contributed by atoms with Gasteiger partial charge in [-0.1, -0.05) is 106 Å². The second kappa shape index (κ2) is 15.0. The molecular weight excluding hydrogens is 676 g/mol. The van der Waals surface area contributed by atoms with Gasteiger partial charge >= 0.3 is 0 Å². The molecule has 0 aromatic heterocycles. The lowest BCUT2D eigenvalue weighted by Crippen LogP contribution is -2.49. The fraction of sp³-hybridized carbons (Fsp3) is 0.179. The van der Waals surface area contributed by atoms with Crippen molar-refractivity contribution in [3.63, 3.8) is 0 Å². The molecule has 1 amide bonds. The van der Waals surface area contributed by atoms with Gasteiger partial charge in [0.2, 0.25) is 5.90 Å². The zero-order valence-corrected chi connectivity index (χ0v) is 28.0. The molecule has 0 fully saturated rings. The van der Waals surface area contributed by atoms with Gasteiger partial charge in [0.15, 0.2) is 11.6 Å². The number of carbonyl (C=O) groups excluding carboxylic acids is 1. The first kappa shape index (κ1) is 32.5. The van der Waals surface area contributed by atoms with Crippen LogP contribution in [0.1, 0.15) is 34.8 Å². The van der Waals surface area contributed by atoms with E-state index in [0.29, 0.717) is 42.7 Å². The average molecular weight is 710 g/mol. The van der Waals surface area contributed by atoms with E-state index in [1.165, 1.54) is 0 Å². The lowest BCUT2D eigenvalue weighted by atomic mass is 9.81. The van der Waals surface area contributed by atoms with Crippen molar-refractivity contribution in [2.75, 3.05) is 13.2 Å². The number of benzene rings is 5. The van der Waals surface area contributed by atoms with E-state index >= 15 is 0 Å². The highest BCUT2D eigenvalue weighted by Gasteiger charge is 2.53. The number of amides is 1. The van der Waals surface area contributed by atoms with Gasteiger partial charge in [0, 0.05) is 41.1 Å². The minimum absolute atomic E-state index is 0.0664. The fourth-order valence-electron chi connectivity index (χ4n) is 5.61. The minimum atomic E-state index is -1.32. The number of rotatable bonds is 12. The first-order chi connectivity index (χ1) is 22.9. The van der Waals surface area contributed by atoms with Crippen LogP contribution in [0, 0.1) is 0 Å². The molecule has 0 saturated heterocycles. The van der Waals surface area contributed by atoms with E-state index in [0.717, 1.165) is 37.9 Å². The van der Waals surface area contributed by atoms with Gasteiger partial charge in [-0.15, -0.1) is 0 Å². The molecule has 5 aromatic rings. The summed E-state index contributed by atoms with van der Waals surface area (Å²) in [5, 5.41) is 12.9. The summed E-state index contributed by atoms with van der Waals surface area (Å²) in [5.41, 5.74) is 4.29. The zero-order chi connectivity index (χ0) is 32.6. The van der Waals surface area contributed by atoms with Crippen molar-refractivity contribution in [1.29, 1.82) is 0 Å². The van der Waals surface area contributed by atoms with E-state index in [1.807, 2.05) is 103 Å². The molecule has 1 aliphatic heterocycles. The summed E-state index contributed by atoms with van der Waals surface area (Å²) >= 11 is 9.64. The molecule has 6 nitrogen and oxygen atoms in total. The summed E-state index contributed by atoms with van der Waals surface area (Å²) in [7, 11) is 0. The SMILES string of the molecule is O=C(NCc1ccc(Cl)cc1)[C@]1(Cc2ccc(Br)cc2)N=C(c2ccc(OCCCO)cc2)O[C@@H]1c1ccc(-c2ccccc2)cc1. The Kier molecular flexibility index (Phi) is 10.4. The summed E-state index contributed by atoms with van der Waals surface area (Å²) in [4.78, 5) is 19.7. The highest BCUT2D eigenvalue weighted by atomic mass is 79.9. The van der Waals surface area contributed by atoms with Gasteiger partial charge in [-0.25, -0.2) is 4.99 Å². The molecule has 0 saturated carbocycles. The summed E-state index contributed by atoms with van der Waals surface area (Å²) in [6.45, 7) is 0.790. The number of nitrogens with one attached hydrogen (secondary N) is 1. The number of aliphatic hydroxyl groups excluding tert-OH is 1. The topological polar surface area (TPSA) is 80.2 Å². The molecule has 2 atom stereocenters. The van der Waals surface area contributed by atoms with Crippen molar-refractivity contribution in [2.24, 2.45) is 4.99 Å². The van der Waals surface area contributed by atoms with E-state index in [9.17, 15) is 4.79 Å². The fourth-order valence-corrected chi connectivity index (χ4v) is 6.00. The van der Waals surface area contributed by atoms with Gasteiger partial charge in [-0.3, -0.25) is 4.79 Å². The smallest absolute Gasteiger partial charge is 0.252 e. The van der Waals surface area contributed by atoms with E-state index in [2.05, 4.69) is 45.5 Å². The third-order valence-electron chi connectivity index (χ3n) is 8.10. The summed E-state index contributed by atoms with van der Waals surface area (Å²) < 4.78 is 13.4. The quantitative estimate of drug-likeness (QED) is 0.128. The van der Waals surface area contributed by atoms with Crippen LogP contribution in [0.15, 0.2) is 137 Å². The molecule has 0 radical (unpaired) electrons. The van der Waals surface area contributed by atoms with E-state index in [-0.39, 0.29) is 12.5 Å². The van der Waals surface area contributed by atoms with Crippen LogP contribution in [0.3, 0.4) is 0 Å². The first-order valence-corrected chi connectivity index (χ1v) is 16.6. The molecular formula is C39H34BrClN2O4. The summed E-state index contributed by atoms with van der Waals surface area (Å²) in [6, 6.07) is 41.1. The van der Waals surface area contributed by atoms with Crippen molar-refractivity contribution in [1.82, 2.24) is 5.32 Å². The Hall–Kier alpha value is -4.43. The van der Waals surface area contributed by atoms with Gasteiger partial charge in [0.05, 0.1) is 6.61 Å². The zero-order valence-electron chi connectivity index (χ0n) is 25.6. The van der Waals surface area contributed by atoms with Gasteiger partial charge in [0.1, 0.15) is 5.75 Å². The number of hydrogen-bond acceptors (Lipinski definition) is 5. The Balaban J connectivity index is 1.40. The first-order valence-electron chi connectivity index (χ1n) is 15.5. The molecule has 1 heterocycles. The molecule has 0 unspecified atom stereocenters. The highest BCUT2D eigenvalue weighted by molar-refractivity contribution is 9.10. The number of halogens is 2. The Bertz CT molecular complexity index is 1810. The number of aliphatic imine (C=N–C) groups is 1. The van der Waals surface area contributed by atoms with Crippen LogP contribution in [-0.4, -0.2) is 35.7 Å². The predicted octanol–water partition coefficient (Wildman–Crippen LogP) is 8.35. The molecule has 0 spiro atoms. The van der Waals surface area contributed by atoms with Crippen LogP contribution < -0.4 is 10.1 Å². The van der Waals surface area contributed by atoms with Crippen molar-refractivity contribution in [3.05, 3.63) is 159 Å². The number of carbonyl (C=O) groups is 1. The van der Waals surface area contributed by atoms with Crippen LogP contribution in [0.2, 0.25) is 5.02 Å². The molecule has 1 aliphatic rings. The molecule has 238 valence electrons. The standard InChI is InChI=1S/C39H34BrClN2O4/c40-33-17-7-27(8-18-33)25-39(38(45)42-26-28-9-19-34(41)20-10-28)36(31-13-11-30(12-14-31)29-5-2-1-3-6-29)47-37(43-39)32-15-21-35(22-16-32)46-24-4-23-44/h1-3,5-22,36,44H,4,23-26H2,(H,42,45)/t36-,39-/m1/s1. The van der Waals surface area contributed by atoms with E-state index in [1.54, 1.807) is 0 Å². The Labute approximate surface area is 288 Å². The molecule has 47 heavy (non-hydrogen) atoms. The van der Waals surface area contributed by atoms with Crippen LogP contribution in [0.25, 0.3) is 11.1 Å². The van der Waals surface area contributed by atoms with Crippen LogP contribution >= 0.6 is 27.5 Å². The molecule has 0 aliphatic carbocycles. The lowest BCUT2D eigenvalue weighted by molar-refractivity contribution is -0.129. The van der Waals surface area contributed by atoms with Crippen molar-refractivity contribution in [2.45, 2.75) is 31.0 Å². The van der Waals surface area contributed by atoms with Gasteiger partial charge < -0.3 is 19.9 Å². The van der Waals surface area contributed by atoms with Crippen LogP contribution in [0.4, 0.5) is 0 Å². The van der Waals surface area contributed by atoms with Gasteiger partial charge in [-0.05, 0) is 76.3 Å². The van der Waals surface area contributed by atoms with Gasteiger partial charge in [-0.2, -0.15) is 0 Å². The second-order valence-electron chi connectivity index (χ2n) is 11.4. The maximum Gasteiger partial charge on any atom is 0.252 e. The number of ether oxygens (including phenoxy) is 2. The molecule has 2 N–H and O–H groups in total. The third kappa shape index (κ3) is 7.76. The number of nitrogens with zero attached hydrogens (tertiary/aromatic N) is 1. The second-order valence-corrected chi connectivity index (χ2v) is 12.7. The summed E-state index contributed by atoms with van der Waals surface area (Å²) in [6.07, 6.45) is 0.145. The molecule has 0 bridgehead atoms. The Morgan fingerprint density at radius 3 is 2.15 bits per heavy atom. The average Bonchev–Trinajstić information content (AvgIpc) is 3.50. The lowest BCUT2D eigenvalue weighted by Gasteiger charge is -2.31. The normalized spacial score (nSPS) is 17.1. The van der Waals surface area contributed by atoms with E-state index < -0.39 is 11.6 Å².